The van der Waals surface area contributed by atoms with E-state index in [2.05, 4.69) is 28.9 Å². The molecule has 5 heteroatoms. The first kappa shape index (κ1) is 14.5. The first-order chi connectivity index (χ1) is 9.66. The van der Waals surface area contributed by atoms with Crippen molar-refractivity contribution in [2.75, 3.05) is 6.54 Å². The van der Waals surface area contributed by atoms with Crippen LogP contribution in [0.2, 0.25) is 4.34 Å². The van der Waals surface area contributed by atoms with Gasteiger partial charge in [0.05, 0.1) is 16.0 Å². The highest BCUT2D eigenvalue weighted by molar-refractivity contribution is 7.16. The van der Waals surface area contributed by atoms with Crippen LogP contribution in [0.3, 0.4) is 0 Å². The van der Waals surface area contributed by atoms with E-state index in [0.29, 0.717) is 6.54 Å². The Morgan fingerprint density at radius 2 is 2.05 bits per heavy atom. The predicted octanol–water partition coefficient (Wildman–Crippen LogP) is 4.45. The van der Waals surface area contributed by atoms with Crippen molar-refractivity contribution in [3.8, 4) is 0 Å². The molecule has 2 aromatic rings. The lowest BCUT2D eigenvalue weighted by Crippen LogP contribution is -2.39. The molecule has 2 heterocycles. The van der Waals surface area contributed by atoms with Crippen LogP contribution in [0.25, 0.3) is 0 Å². The number of hydrogen-bond donors (Lipinski definition) is 2. The van der Waals surface area contributed by atoms with Crippen LogP contribution in [0, 0.1) is 0 Å². The van der Waals surface area contributed by atoms with E-state index in [-0.39, 0.29) is 6.04 Å². The van der Waals surface area contributed by atoms with Gasteiger partial charge in [-0.25, -0.2) is 0 Å². The van der Waals surface area contributed by atoms with Crippen molar-refractivity contribution in [2.24, 2.45) is 0 Å². The third kappa shape index (κ3) is 3.26. The zero-order valence-corrected chi connectivity index (χ0v) is 13.5. The Morgan fingerprint density at radius 3 is 2.65 bits per heavy atom. The molecule has 0 aromatic carbocycles. The fraction of sp³-hybridized carbons (Fsp3) is 0.467. The van der Waals surface area contributed by atoms with Gasteiger partial charge in [-0.2, -0.15) is 0 Å². The standard InChI is InChI=1S/C15H18ClNOS2/c16-13-6-5-12(20-13)14(11-4-3-9-19-11)17-10-15(18)7-1-2-8-15/h3-6,9,14,17-18H,1-2,7-8,10H2. The van der Waals surface area contributed by atoms with Crippen LogP contribution >= 0.6 is 34.3 Å². The summed E-state index contributed by atoms with van der Waals surface area (Å²) in [5.74, 6) is 0. The fourth-order valence-corrected chi connectivity index (χ4v) is 4.83. The van der Waals surface area contributed by atoms with Crippen molar-refractivity contribution in [1.29, 1.82) is 0 Å². The molecule has 1 aliphatic rings. The highest BCUT2D eigenvalue weighted by Crippen LogP contribution is 2.35. The molecule has 108 valence electrons. The molecule has 1 unspecified atom stereocenters. The Hall–Kier alpha value is -0.390. The molecule has 0 amide bonds. The van der Waals surface area contributed by atoms with E-state index in [1.54, 1.807) is 22.7 Å². The summed E-state index contributed by atoms with van der Waals surface area (Å²) in [6, 6.07) is 8.34. The molecule has 2 N–H and O–H groups in total. The summed E-state index contributed by atoms with van der Waals surface area (Å²) < 4.78 is 0.808. The summed E-state index contributed by atoms with van der Waals surface area (Å²) in [4.78, 5) is 2.48. The molecule has 0 spiro atoms. The SMILES string of the molecule is OC1(CNC(c2cccs2)c2ccc(Cl)s2)CCCC1. The van der Waals surface area contributed by atoms with Crippen molar-refractivity contribution in [1.82, 2.24) is 5.32 Å². The van der Waals surface area contributed by atoms with E-state index in [4.69, 9.17) is 11.6 Å². The molecular weight excluding hydrogens is 310 g/mol. The lowest BCUT2D eigenvalue weighted by molar-refractivity contribution is 0.0461. The average Bonchev–Trinajstić information content (AvgIpc) is 3.13. The van der Waals surface area contributed by atoms with Gasteiger partial charge in [-0.15, -0.1) is 22.7 Å². The molecule has 3 rings (SSSR count). The van der Waals surface area contributed by atoms with E-state index in [1.165, 1.54) is 9.75 Å². The molecule has 0 saturated heterocycles. The molecule has 0 aliphatic heterocycles. The zero-order chi connectivity index (χ0) is 14.0. The molecule has 2 nitrogen and oxygen atoms in total. The Bertz CT molecular complexity index is 546. The highest BCUT2D eigenvalue weighted by Gasteiger charge is 2.32. The van der Waals surface area contributed by atoms with E-state index < -0.39 is 5.60 Å². The van der Waals surface area contributed by atoms with Crippen molar-refractivity contribution in [3.05, 3.63) is 43.7 Å². The van der Waals surface area contributed by atoms with Crippen LogP contribution in [-0.2, 0) is 0 Å². The molecule has 2 aromatic heterocycles. The van der Waals surface area contributed by atoms with E-state index in [0.717, 1.165) is 30.0 Å². The number of rotatable bonds is 5. The van der Waals surface area contributed by atoms with Gasteiger partial charge >= 0.3 is 0 Å². The summed E-state index contributed by atoms with van der Waals surface area (Å²) in [7, 11) is 0. The highest BCUT2D eigenvalue weighted by atomic mass is 35.5. The Kier molecular flexibility index (Phi) is 4.48. The average molecular weight is 328 g/mol. The van der Waals surface area contributed by atoms with Crippen molar-refractivity contribution in [2.45, 2.75) is 37.3 Å². The van der Waals surface area contributed by atoms with Gasteiger partial charge in [-0.05, 0) is 36.4 Å². The van der Waals surface area contributed by atoms with Crippen LogP contribution in [-0.4, -0.2) is 17.3 Å². The summed E-state index contributed by atoms with van der Waals surface area (Å²) in [6.07, 6.45) is 4.07. The van der Waals surface area contributed by atoms with Gasteiger partial charge in [0.2, 0.25) is 0 Å². The van der Waals surface area contributed by atoms with Crippen LogP contribution in [0.5, 0.6) is 0 Å². The van der Waals surface area contributed by atoms with Crippen LogP contribution in [0.15, 0.2) is 29.6 Å². The van der Waals surface area contributed by atoms with Crippen molar-refractivity contribution >= 4 is 34.3 Å². The van der Waals surface area contributed by atoms with Gasteiger partial charge in [0, 0.05) is 16.3 Å². The minimum absolute atomic E-state index is 0.136. The summed E-state index contributed by atoms with van der Waals surface area (Å²) in [5, 5.41) is 16.1. The van der Waals surface area contributed by atoms with Gasteiger partial charge in [0.1, 0.15) is 0 Å². The van der Waals surface area contributed by atoms with E-state index >= 15 is 0 Å². The maximum absolute atomic E-state index is 10.5. The molecule has 1 aliphatic carbocycles. The fourth-order valence-electron chi connectivity index (χ4n) is 2.78. The van der Waals surface area contributed by atoms with Gasteiger partial charge in [0.15, 0.2) is 0 Å². The predicted molar refractivity (Wildman–Crippen MR) is 86.9 cm³/mol. The molecule has 1 fully saturated rings. The van der Waals surface area contributed by atoms with Crippen molar-refractivity contribution < 1.29 is 5.11 Å². The first-order valence-electron chi connectivity index (χ1n) is 6.91. The maximum atomic E-state index is 10.5. The molecular formula is C15H18ClNOS2. The number of nitrogens with one attached hydrogen (secondary N) is 1. The van der Waals surface area contributed by atoms with Gasteiger partial charge in [0.25, 0.3) is 0 Å². The number of aliphatic hydroxyl groups is 1. The second kappa shape index (κ2) is 6.16. The molecule has 0 bridgehead atoms. The third-order valence-corrected chi connectivity index (χ3v) is 6.11. The minimum Gasteiger partial charge on any atom is -0.389 e. The van der Waals surface area contributed by atoms with E-state index in [9.17, 15) is 5.11 Å². The Labute approximate surface area is 132 Å². The number of hydrogen-bond acceptors (Lipinski definition) is 4. The van der Waals surface area contributed by atoms with Gasteiger partial charge in [-0.1, -0.05) is 30.5 Å². The number of halogens is 1. The number of thiophene rings is 2. The Balaban J connectivity index is 1.76. The normalized spacial score (nSPS) is 19.3. The van der Waals surface area contributed by atoms with Gasteiger partial charge < -0.3 is 10.4 Å². The monoisotopic (exact) mass is 327 g/mol. The quantitative estimate of drug-likeness (QED) is 0.850. The molecule has 1 atom stereocenters. The minimum atomic E-state index is -0.531. The second-order valence-corrected chi connectivity index (χ2v) is 8.13. The van der Waals surface area contributed by atoms with E-state index in [1.807, 2.05) is 6.07 Å². The summed E-state index contributed by atoms with van der Waals surface area (Å²) in [5.41, 5.74) is -0.531. The lowest BCUT2D eigenvalue weighted by atomic mass is 10.0. The van der Waals surface area contributed by atoms with Gasteiger partial charge in [-0.3, -0.25) is 0 Å². The molecule has 1 saturated carbocycles. The van der Waals surface area contributed by atoms with Crippen LogP contribution in [0.4, 0.5) is 0 Å². The summed E-state index contributed by atoms with van der Waals surface area (Å²) in [6.45, 7) is 0.644. The topological polar surface area (TPSA) is 32.3 Å². The lowest BCUT2D eigenvalue weighted by Gasteiger charge is -2.26. The largest absolute Gasteiger partial charge is 0.389 e. The maximum Gasteiger partial charge on any atom is 0.0931 e. The Morgan fingerprint density at radius 1 is 1.25 bits per heavy atom. The zero-order valence-electron chi connectivity index (χ0n) is 11.1. The first-order valence-corrected chi connectivity index (χ1v) is 8.98. The van der Waals surface area contributed by atoms with Crippen LogP contribution < -0.4 is 5.32 Å². The summed E-state index contributed by atoms with van der Waals surface area (Å²) >= 11 is 9.40. The van der Waals surface area contributed by atoms with Crippen LogP contribution in [0.1, 0.15) is 41.5 Å². The third-order valence-electron chi connectivity index (χ3n) is 3.88. The van der Waals surface area contributed by atoms with Crippen molar-refractivity contribution in [3.63, 3.8) is 0 Å². The smallest absolute Gasteiger partial charge is 0.0931 e. The molecule has 0 radical (unpaired) electrons. The molecule has 20 heavy (non-hydrogen) atoms. The second-order valence-electron chi connectivity index (χ2n) is 5.40.